The summed E-state index contributed by atoms with van der Waals surface area (Å²) in [5.74, 6) is -0.488. The lowest BCUT2D eigenvalue weighted by Gasteiger charge is -2.19. The van der Waals surface area contributed by atoms with Crippen LogP contribution in [0.2, 0.25) is 0 Å². The van der Waals surface area contributed by atoms with Crippen LogP contribution in [0.25, 0.3) is 0 Å². The highest BCUT2D eigenvalue weighted by molar-refractivity contribution is 5.27. The fourth-order valence-corrected chi connectivity index (χ4v) is 1.36. The average molecular weight is 217 g/mol. The highest BCUT2D eigenvalue weighted by Crippen LogP contribution is 2.23. The lowest BCUT2D eigenvalue weighted by Crippen LogP contribution is -2.34. The van der Waals surface area contributed by atoms with Crippen molar-refractivity contribution in [3.05, 3.63) is 35.1 Å². The molecule has 0 radical (unpaired) electrons. The summed E-state index contributed by atoms with van der Waals surface area (Å²) in [6.45, 7) is 3.45. The third-order valence-electron chi connectivity index (χ3n) is 1.97. The molecule has 0 aliphatic heterocycles. The van der Waals surface area contributed by atoms with E-state index in [0.717, 1.165) is 12.1 Å². The quantitative estimate of drug-likeness (QED) is 0.827. The van der Waals surface area contributed by atoms with Gasteiger partial charge in [-0.05, 0) is 38.0 Å². The number of halogens is 3. The van der Waals surface area contributed by atoms with Gasteiger partial charge in [0.2, 0.25) is 0 Å². The number of benzene rings is 1. The molecule has 0 amide bonds. The van der Waals surface area contributed by atoms with Gasteiger partial charge < -0.3 is 5.73 Å². The number of nitrogens with two attached hydrogens (primary N) is 1. The van der Waals surface area contributed by atoms with E-state index in [1.54, 1.807) is 13.8 Å². The standard InChI is InChI=1S/C11H14F3N/c1-11(2,15)6-8-5-7(10(13)14)3-4-9(8)12/h3-5,10H,6,15H2,1-2H3. The molecule has 0 spiro atoms. The molecule has 0 saturated carbocycles. The molecule has 1 aromatic rings. The molecule has 0 unspecified atom stereocenters. The van der Waals surface area contributed by atoms with Gasteiger partial charge in [-0.3, -0.25) is 0 Å². The Bertz CT molecular complexity index is 342. The zero-order valence-electron chi connectivity index (χ0n) is 8.73. The van der Waals surface area contributed by atoms with Gasteiger partial charge in [0.15, 0.2) is 0 Å². The summed E-state index contributed by atoms with van der Waals surface area (Å²) in [5, 5.41) is 0. The van der Waals surface area contributed by atoms with E-state index in [1.165, 1.54) is 6.07 Å². The van der Waals surface area contributed by atoms with Crippen molar-refractivity contribution in [2.24, 2.45) is 5.73 Å². The Labute approximate surface area is 87.1 Å². The molecule has 15 heavy (non-hydrogen) atoms. The molecule has 84 valence electrons. The van der Waals surface area contributed by atoms with E-state index in [2.05, 4.69) is 0 Å². The summed E-state index contributed by atoms with van der Waals surface area (Å²) in [6, 6.07) is 3.32. The van der Waals surface area contributed by atoms with E-state index < -0.39 is 17.8 Å². The van der Waals surface area contributed by atoms with Crippen molar-refractivity contribution >= 4 is 0 Å². The van der Waals surface area contributed by atoms with Gasteiger partial charge in [0.25, 0.3) is 6.43 Å². The Hall–Kier alpha value is -1.03. The molecule has 0 aliphatic rings. The first-order valence-corrected chi connectivity index (χ1v) is 4.65. The van der Waals surface area contributed by atoms with E-state index >= 15 is 0 Å². The highest BCUT2D eigenvalue weighted by atomic mass is 19.3. The van der Waals surface area contributed by atoms with Crippen molar-refractivity contribution in [3.8, 4) is 0 Å². The van der Waals surface area contributed by atoms with Crippen molar-refractivity contribution in [2.75, 3.05) is 0 Å². The Morgan fingerprint density at radius 3 is 2.40 bits per heavy atom. The summed E-state index contributed by atoms with van der Waals surface area (Å²) in [4.78, 5) is 0. The van der Waals surface area contributed by atoms with Crippen LogP contribution in [0.15, 0.2) is 18.2 Å². The summed E-state index contributed by atoms with van der Waals surface area (Å²) >= 11 is 0. The van der Waals surface area contributed by atoms with E-state index in [4.69, 9.17) is 5.73 Å². The molecule has 0 saturated heterocycles. The maximum Gasteiger partial charge on any atom is 0.263 e. The van der Waals surface area contributed by atoms with E-state index in [0.29, 0.717) is 0 Å². The molecule has 0 aliphatic carbocycles. The lowest BCUT2D eigenvalue weighted by molar-refractivity contribution is 0.151. The Kier molecular flexibility index (Phi) is 3.39. The van der Waals surface area contributed by atoms with Crippen molar-refractivity contribution in [3.63, 3.8) is 0 Å². The zero-order chi connectivity index (χ0) is 11.6. The second-order valence-electron chi connectivity index (χ2n) is 4.32. The predicted molar refractivity (Wildman–Crippen MR) is 53.3 cm³/mol. The van der Waals surface area contributed by atoms with Crippen molar-refractivity contribution in [1.29, 1.82) is 0 Å². The van der Waals surface area contributed by atoms with Crippen molar-refractivity contribution < 1.29 is 13.2 Å². The molecule has 1 aromatic carbocycles. The van der Waals surface area contributed by atoms with Gasteiger partial charge in [0, 0.05) is 11.1 Å². The smallest absolute Gasteiger partial charge is 0.263 e. The Morgan fingerprint density at radius 2 is 1.93 bits per heavy atom. The second-order valence-corrected chi connectivity index (χ2v) is 4.32. The van der Waals surface area contributed by atoms with Crippen LogP contribution in [0.3, 0.4) is 0 Å². The largest absolute Gasteiger partial charge is 0.325 e. The predicted octanol–water partition coefficient (Wildman–Crippen LogP) is 3.04. The van der Waals surface area contributed by atoms with Gasteiger partial charge >= 0.3 is 0 Å². The van der Waals surface area contributed by atoms with Crippen molar-refractivity contribution in [2.45, 2.75) is 32.2 Å². The van der Waals surface area contributed by atoms with Crippen LogP contribution in [0, 0.1) is 5.82 Å². The molecular formula is C11H14F3N. The molecule has 0 heterocycles. The Balaban J connectivity index is 3.01. The molecule has 0 fully saturated rings. The molecule has 1 rings (SSSR count). The van der Waals surface area contributed by atoms with Gasteiger partial charge in [-0.2, -0.15) is 0 Å². The Morgan fingerprint density at radius 1 is 1.33 bits per heavy atom. The number of alkyl halides is 2. The molecule has 4 heteroatoms. The first-order valence-electron chi connectivity index (χ1n) is 4.65. The van der Waals surface area contributed by atoms with Gasteiger partial charge in [-0.15, -0.1) is 0 Å². The second kappa shape index (κ2) is 4.23. The normalized spacial score (nSPS) is 12.2. The molecule has 2 N–H and O–H groups in total. The average Bonchev–Trinajstić information content (AvgIpc) is 2.06. The maximum atomic E-state index is 13.3. The third kappa shape index (κ3) is 3.55. The van der Waals surface area contributed by atoms with Crippen LogP contribution in [0.4, 0.5) is 13.2 Å². The van der Waals surface area contributed by atoms with Crippen LogP contribution < -0.4 is 5.73 Å². The molecule has 0 atom stereocenters. The van der Waals surface area contributed by atoms with Crippen LogP contribution in [-0.2, 0) is 6.42 Å². The van der Waals surface area contributed by atoms with E-state index in [1.807, 2.05) is 0 Å². The summed E-state index contributed by atoms with van der Waals surface area (Å²) in [5.41, 5.74) is 5.16. The van der Waals surface area contributed by atoms with Crippen LogP contribution in [0.1, 0.15) is 31.4 Å². The van der Waals surface area contributed by atoms with Gasteiger partial charge in [0.05, 0.1) is 0 Å². The summed E-state index contributed by atoms with van der Waals surface area (Å²) in [6.07, 6.45) is -2.34. The minimum absolute atomic E-state index is 0.171. The molecule has 0 bridgehead atoms. The topological polar surface area (TPSA) is 26.0 Å². The highest BCUT2D eigenvalue weighted by Gasteiger charge is 2.17. The SMILES string of the molecule is CC(C)(N)Cc1cc(C(F)F)ccc1F. The van der Waals surface area contributed by atoms with Gasteiger partial charge in [-0.25, -0.2) is 13.2 Å². The van der Waals surface area contributed by atoms with Crippen LogP contribution in [-0.4, -0.2) is 5.54 Å². The first kappa shape index (κ1) is 12.0. The molecule has 0 aromatic heterocycles. The molecular weight excluding hydrogens is 203 g/mol. The number of hydrogen-bond acceptors (Lipinski definition) is 1. The monoisotopic (exact) mass is 217 g/mol. The first-order chi connectivity index (χ1) is 6.79. The van der Waals surface area contributed by atoms with Gasteiger partial charge in [-0.1, -0.05) is 6.07 Å². The number of rotatable bonds is 3. The third-order valence-corrected chi connectivity index (χ3v) is 1.97. The fourth-order valence-electron chi connectivity index (χ4n) is 1.36. The fraction of sp³-hybridized carbons (Fsp3) is 0.455. The van der Waals surface area contributed by atoms with E-state index in [-0.39, 0.29) is 17.5 Å². The minimum atomic E-state index is -2.58. The maximum absolute atomic E-state index is 13.3. The van der Waals surface area contributed by atoms with Crippen LogP contribution in [0.5, 0.6) is 0 Å². The summed E-state index contributed by atoms with van der Waals surface area (Å²) in [7, 11) is 0. The van der Waals surface area contributed by atoms with Crippen molar-refractivity contribution in [1.82, 2.24) is 0 Å². The van der Waals surface area contributed by atoms with Gasteiger partial charge in [0.1, 0.15) is 5.82 Å². The lowest BCUT2D eigenvalue weighted by atomic mass is 9.95. The summed E-state index contributed by atoms with van der Waals surface area (Å²) < 4.78 is 38.0. The minimum Gasteiger partial charge on any atom is -0.325 e. The zero-order valence-corrected chi connectivity index (χ0v) is 8.73. The molecule has 1 nitrogen and oxygen atoms in total. The van der Waals surface area contributed by atoms with Crippen LogP contribution >= 0.6 is 0 Å². The van der Waals surface area contributed by atoms with E-state index in [9.17, 15) is 13.2 Å². The number of hydrogen-bond donors (Lipinski definition) is 1.